The fourth-order valence-electron chi connectivity index (χ4n) is 2.12. The van der Waals surface area contributed by atoms with Crippen LogP contribution in [0.4, 0.5) is 4.39 Å². The normalized spacial score (nSPS) is 18.7. The van der Waals surface area contributed by atoms with Gasteiger partial charge in [-0.2, -0.15) is 0 Å². The van der Waals surface area contributed by atoms with Gasteiger partial charge in [-0.1, -0.05) is 24.1 Å². The van der Waals surface area contributed by atoms with E-state index in [4.69, 9.17) is 17.3 Å². The second-order valence-corrected chi connectivity index (χ2v) is 5.29. The molecule has 0 radical (unpaired) electrons. The first-order valence-corrected chi connectivity index (χ1v) is 6.12. The average molecular weight is 293 g/mol. The topological polar surface area (TPSA) is 26.0 Å². The lowest BCUT2D eigenvalue weighted by atomic mass is 9.64. The number of benzene rings is 1. The zero-order chi connectivity index (χ0) is 11.1. The first-order valence-electron chi connectivity index (χ1n) is 4.95. The molecule has 2 rings (SSSR count). The van der Waals surface area contributed by atoms with Crippen LogP contribution in [0.15, 0.2) is 16.6 Å². The van der Waals surface area contributed by atoms with E-state index in [1.807, 2.05) is 6.07 Å². The van der Waals surface area contributed by atoms with Crippen LogP contribution in [0.2, 0.25) is 5.02 Å². The van der Waals surface area contributed by atoms with Crippen LogP contribution in [0, 0.1) is 5.82 Å². The maximum atomic E-state index is 13.6. The van der Waals surface area contributed by atoms with Crippen molar-refractivity contribution < 1.29 is 4.39 Å². The van der Waals surface area contributed by atoms with Crippen molar-refractivity contribution in [2.45, 2.75) is 24.7 Å². The molecule has 0 aromatic heterocycles. The molecule has 1 fully saturated rings. The van der Waals surface area contributed by atoms with Crippen LogP contribution in [0.25, 0.3) is 0 Å². The van der Waals surface area contributed by atoms with Gasteiger partial charge in [0.05, 0.1) is 9.50 Å². The molecule has 0 amide bonds. The zero-order valence-electron chi connectivity index (χ0n) is 8.19. The van der Waals surface area contributed by atoms with E-state index in [0.29, 0.717) is 11.0 Å². The van der Waals surface area contributed by atoms with Crippen LogP contribution in [-0.4, -0.2) is 6.54 Å². The van der Waals surface area contributed by atoms with Crippen molar-refractivity contribution in [3.8, 4) is 0 Å². The second kappa shape index (κ2) is 4.04. The molecule has 1 nitrogen and oxygen atoms in total. The van der Waals surface area contributed by atoms with Crippen LogP contribution >= 0.6 is 27.5 Å². The van der Waals surface area contributed by atoms with Crippen LogP contribution in [0.5, 0.6) is 0 Å². The molecule has 4 heteroatoms. The Balaban J connectivity index is 2.49. The van der Waals surface area contributed by atoms with Crippen molar-refractivity contribution in [2.75, 3.05) is 6.54 Å². The second-order valence-electron chi connectivity index (χ2n) is 4.06. The number of hydrogen-bond acceptors (Lipinski definition) is 1. The number of halogens is 3. The van der Waals surface area contributed by atoms with Gasteiger partial charge in [-0.25, -0.2) is 4.39 Å². The maximum Gasteiger partial charge on any atom is 0.156 e. The first kappa shape index (κ1) is 11.4. The third-order valence-electron chi connectivity index (χ3n) is 3.31. The Morgan fingerprint density at radius 1 is 1.47 bits per heavy atom. The molecule has 1 aliphatic carbocycles. The minimum atomic E-state index is -0.381. The summed E-state index contributed by atoms with van der Waals surface area (Å²) in [6.45, 7) is 0.536. The molecule has 0 spiro atoms. The lowest BCUT2D eigenvalue weighted by Crippen LogP contribution is -2.41. The van der Waals surface area contributed by atoms with Gasteiger partial charge in [-0.15, -0.1) is 0 Å². The van der Waals surface area contributed by atoms with Crippen LogP contribution < -0.4 is 5.73 Å². The number of nitrogens with two attached hydrogens (primary N) is 1. The molecule has 1 saturated carbocycles. The molecule has 0 bridgehead atoms. The molecule has 1 aliphatic rings. The van der Waals surface area contributed by atoms with Gasteiger partial charge in [0, 0.05) is 12.0 Å². The van der Waals surface area contributed by atoms with Gasteiger partial charge in [-0.3, -0.25) is 0 Å². The first-order chi connectivity index (χ1) is 7.10. The predicted octanol–water partition coefficient (Wildman–Crippen LogP) is 3.62. The van der Waals surface area contributed by atoms with Crippen molar-refractivity contribution in [3.05, 3.63) is 33.0 Å². The van der Waals surface area contributed by atoms with Gasteiger partial charge in [0.1, 0.15) is 0 Å². The zero-order valence-corrected chi connectivity index (χ0v) is 10.5. The maximum absolute atomic E-state index is 13.6. The quantitative estimate of drug-likeness (QED) is 0.828. The minimum Gasteiger partial charge on any atom is -0.330 e. The van der Waals surface area contributed by atoms with E-state index in [9.17, 15) is 4.39 Å². The lowest BCUT2D eigenvalue weighted by Gasteiger charge is -2.42. The van der Waals surface area contributed by atoms with Crippen molar-refractivity contribution in [1.29, 1.82) is 0 Å². The van der Waals surface area contributed by atoms with Crippen LogP contribution in [0.3, 0.4) is 0 Å². The van der Waals surface area contributed by atoms with E-state index >= 15 is 0 Å². The molecule has 0 saturated heterocycles. The van der Waals surface area contributed by atoms with E-state index in [0.717, 1.165) is 24.8 Å². The van der Waals surface area contributed by atoms with Gasteiger partial charge in [0.15, 0.2) is 5.82 Å². The highest BCUT2D eigenvalue weighted by molar-refractivity contribution is 9.10. The van der Waals surface area contributed by atoms with E-state index in [-0.39, 0.29) is 16.3 Å². The van der Waals surface area contributed by atoms with Crippen molar-refractivity contribution in [3.63, 3.8) is 0 Å². The summed E-state index contributed by atoms with van der Waals surface area (Å²) in [7, 11) is 0. The summed E-state index contributed by atoms with van der Waals surface area (Å²) in [5.41, 5.74) is 6.54. The highest BCUT2D eigenvalue weighted by Gasteiger charge is 2.39. The van der Waals surface area contributed by atoms with Gasteiger partial charge >= 0.3 is 0 Å². The van der Waals surface area contributed by atoms with Crippen molar-refractivity contribution in [2.24, 2.45) is 5.73 Å². The highest BCUT2D eigenvalue weighted by atomic mass is 79.9. The monoisotopic (exact) mass is 291 g/mol. The molecule has 0 heterocycles. The lowest BCUT2D eigenvalue weighted by molar-refractivity contribution is 0.252. The molecule has 82 valence electrons. The molecule has 15 heavy (non-hydrogen) atoms. The fourth-order valence-corrected chi connectivity index (χ4v) is 2.93. The predicted molar refractivity (Wildman–Crippen MR) is 63.7 cm³/mol. The Morgan fingerprint density at radius 2 is 2.13 bits per heavy atom. The standard InChI is InChI=1S/C11H12BrClFN/c12-8-3-2-7(9(13)10(8)14)11(6-15)4-1-5-11/h2-3H,1,4-6,15H2. The summed E-state index contributed by atoms with van der Waals surface area (Å²) in [6, 6.07) is 3.58. The molecule has 1 aromatic carbocycles. The summed E-state index contributed by atoms with van der Waals surface area (Å²) >= 11 is 9.13. The Labute approximate surface area is 102 Å². The van der Waals surface area contributed by atoms with Crippen molar-refractivity contribution >= 4 is 27.5 Å². The Hall–Kier alpha value is -0.120. The third-order valence-corrected chi connectivity index (χ3v) is 4.29. The Kier molecular flexibility index (Phi) is 3.06. The molecule has 0 atom stereocenters. The fraction of sp³-hybridized carbons (Fsp3) is 0.455. The highest BCUT2D eigenvalue weighted by Crippen LogP contribution is 2.46. The molecule has 0 aliphatic heterocycles. The Bertz CT molecular complexity index is 385. The summed E-state index contributed by atoms with van der Waals surface area (Å²) in [6.07, 6.45) is 3.15. The van der Waals surface area contributed by atoms with E-state index < -0.39 is 0 Å². The minimum absolute atomic E-state index is 0.0847. The number of rotatable bonds is 2. The summed E-state index contributed by atoms with van der Waals surface area (Å²) in [5, 5.41) is 0.217. The van der Waals surface area contributed by atoms with Gasteiger partial charge in [0.25, 0.3) is 0 Å². The van der Waals surface area contributed by atoms with Crippen LogP contribution in [-0.2, 0) is 5.41 Å². The van der Waals surface area contributed by atoms with Crippen LogP contribution in [0.1, 0.15) is 24.8 Å². The van der Waals surface area contributed by atoms with Gasteiger partial charge in [-0.05, 0) is 40.4 Å². The van der Waals surface area contributed by atoms with Gasteiger partial charge < -0.3 is 5.73 Å². The SMILES string of the molecule is NCC1(c2ccc(Br)c(F)c2Cl)CCC1. The van der Waals surface area contributed by atoms with E-state index in [1.165, 1.54) is 0 Å². The summed E-state index contributed by atoms with van der Waals surface area (Å²) in [5.74, 6) is -0.381. The average Bonchev–Trinajstić information content (AvgIpc) is 2.17. The Morgan fingerprint density at radius 3 is 2.60 bits per heavy atom. The van der Waals surface area contributed by atoms with Gasteiger partial charge in [0.2, 0.25) is 0 Å². The molecule has 0 unspecified atom stereocenters. The molecule has 2 N–H and O–H groups in total. The summed E-state index contributed by atoms with van der Waals surface area (Å²) in [4.78, 5) is 0. The number of hydrogen-bond donors (Lipinski definition) is 1. The van der Waals surface area contributed by atoms with Crippen molar-refractivity contribution in [1.82, 2.24) is 0 Å². The smallest absolute Gasteiger partial charge is 0.156 e. The summed E-state index contributed by atoms with van der Waals surface area (Å²) < 4.78 is 14.0. The molecule has 1 aromatic rings. The molecular formula is C11H12BrClFN. The third kappa shape index (κ3) is 1.71. The van der Waals surface area contributed by atoms with E-state index in [1.54, 1.807) is 6.07 Å². The molecular weight excluding hydrogens is 280 g/mol. The van der Waals surface area contributed by atoms with E-state index in [2.05, 4.69) is 15.9 Å². The largest absolute Gasteiger partial charge is 0.330 e.